The van der Waals surface area contributed by atoms with E-state index >= 15 is 0 Å². The molecule has 0 saturated carbocycles. The number of H-pyrrole nitrogens is 1. The predicted molar refractivity (Wildman–Crippen MR) is 81.3 cm³/mol. The van der Waals surface area contributed by atoms with Gasteiger partial charge in [-0.2, -0.15) is 4.98 Å². The van der Waals surface area contributed by atoms with E-state index in [2.05, 4.69) is 22.2 Å². The van der Waals surface area contributed by atoms with Crippen LogP contribution >= 0.6 is 0 Å². The summed E-state index contributed by atoms with van der Waals surface area (Å²) in [5.41, 5.74) is 0.325. The maximum Gasteiger partial charge on any atom is 0.256 e. The van der Waals surface area contributed by atoms with Gasteiger partial charge in [-0.1, -0.05) is 19.8 Å². The van der Waals surface area contributed by atoms with Crippen LogP contribution in [-0.4, -0.2) is 21.7 Å². The molecule has 1 heterocycles. The van der Waals surface area contributed by atoms with Gasteiger partial charge in [-0.05, 0) is 30.7 Å². The quantitative estimate of drug-likeness (QED) is 0.682. The van der Waals surface area contributed by atoms with E-state index < -0.39 is 5.56 Å². The number of hydrogen-bond acceptors (Lipinski definition) is 5. The molecule has 2 rings (SSSR count). The van der Waals surface area contributed by atoms with E-state index in [0.29, 0.717) is 6.61 Å². The summed E-state index contributed by atoms with van der Waals surface area (Å²) in [5.74, 6) is 0.669. The first kappa shape index (κ1) is 14.9. The third-order valence-electron chi connectivity index (χ3n) is 2.86. The van der Waals surface area contributed by atoms with Gasteiger partial charge in [-0.25, -0.2) is 0 Å². The Labute approximate surface area is 122 Å². The van der Waals surface area contributed by atoms with Crippen LogP contribution in [-0.2, 0) is 0 Å². The largest absolute Gasteiger partial charge is 0.494 e. The number of aromatic hydroxyl groups is 1. The minimum Gasteiger partial charge on any atom is -0.494 e. The van der Waals surface area contributed by atoms with Crippen LogP contribution < -0.4 is 15.6 Å². The highest BCUT2D eigenvalue weighted by molar-refractivity contribution is 5.54. The number of aromatic amines is 1. The molecular weight excluding hydrogens is 270 g/mol. The van der Waals surface area contributed by atoms with Gasteiger partial charge in [-0.3, -0.25) is 9.78 Å². The SMILES string of the molecule is CCCCCOc1ccc(Nc2nc(O)cc(=O)[nH]2)cc1. The Morgan fingerprint density at radius 1 is 1.29 bits per heavy atom. The van der Waals surface area contributed by atoms with Crippen molar-refractivity contribution in [2.24, 2.45) is 0 Å². The van der Waals surface area contributed by atoms with Gasteiger partial charge in [0, 0.05) is 5.69 Å². The molecule has 0 saturated heterocycles. The lowest BCUT2D eigenvalue weighted by atomic mass is 10.2. The Balaban J connectivity index is 1.94. The average Bonchev–Trinajstić information content (AvgIpc) is 2.44. The first-order chi connectivity index (χ1) is 10.2. The van der Waals surface area contributed by atoms with Crippen LogP contribution in [0, 0.1) is 0 Å². The van der Waals surface area contributed by atoms with Crippen LogP contribution in [0.3, 0.4) is 0 Å². The predicted octanol–water partition coefficient (Wildman–Crippen LogP) is 2.79. The highest BCUT2D eigenvalue weighted by Crippen LogP contribution is 2.18. The topological polar surface area (TPSA) is 87.2 Å². The van der Waals surface area contributed by atoms with Crippen LogP contribution in [0.15, 0.2) is 35.1 Å². The zero-order valence-corrected chi connectivity index (χ0v) is 11.9. The molecular formula is C15H19N3O3. The number of anilines is 2. The van der Waals surface area contributed by atoms with Crippen molar-refractivity contribution < 1.29 is 9.84 Å². The minimum atomic E-state index is -0.416. The van der Waals surface area contributed by atoms with Crippen molar-refractivity contribution in [2.75, 3.05) is 11.9 Å². The lowest BCUT2D eigenvalue weighted by Crippen LogP contribution is -2.08. The molecule has 0 aliphatic carbocycles. The Kier molecular flexibility index (Phi) is 5.20. The lowest BCUT2D eigenvalue weighted by Gasteiger charge is -2.08. The molecule has 0 bridgehead atoms. The fourth-order valence-electron chi connectivity index (χ4n) is 1.82. The third kappa shape index (κ3) is 4.83. The second-order valence-corrected chi connectivity index (χ2v) is 4.66. The van der Waals surface area contributed by atoms with Gasteiger partial charge >= 0.3 is 0 Å². The molecule has 21 heavy (non-hydrogen) atoms. The Bertz CT molecular complexity index is 623. The number of hydrogen-bond donors (Lipinski definition) is 3. The zero-order valence-electron chi connectivity index (χ0n) is 11.9. The number of rotatable bonds is 7. The molecule has 112 valence electrons. The van der Waals surface area contributed by atoms with Crippen LogP contribution in [0.2, 0.25) is 0 Å². The summed E-state index contributed by atoms with van der Waals surface area (Å²) in [6.07, 6.45) is 3.38. The maximum atomic E-state index is 11.2. The molecule has 2 aromatic rings. The molecule has 0 fully saturated rings. The summed E-state index contributed by atoms with van der Waals surface area (Å²) in [7, 11) is 0. The zero-order chi connectivity index (χ0) is 15.1. The summed E-state index contributed by atoms with van der Waals surface area (Å²) in [4.78, 5) is 17.5. The van der Waals surface area contributed by atoms with Gasteiger partial charge < -0.3 is 15.2 Å². The van der Waals surface area contributed by atoms with Gasteiger partial charge in [0.15, 0.2) is 0 Å². The molecule has 0 atom stereocenters. The number of aromatic nitrogens is 2. The minimum absolute atomic E-state index is 0.191. The van der Waals surface area contributed by atoms with Gasteiger partial charge in [0.1, 0.15) is 5.75 Å². The monoisotopic (exact) mass is 289 g/mol. The van der Waals surface area contributed by atoms with Crippen molar-refractivity contribution in [2.45, 2.75) is 26.2 Å². The molecule has 1 aromatic carbocycles. The van der Waals surface area contributed by atoms with E-state index in [1.165, 1.54) is 6.42 Å². The van der Waals surface area contributed by atoms with Gasteiger partial charge in [0.2, 0.25) is 11.8 Å². The standard InChI is InChI=1S/C15H19N3O3/c1-2-3-4-9-21-12-7-5-11(6-8-12)16-15-17-13(19)10-14(20)18-15/h5-8,10H,2-4,9H2,1H3,(H3,16,17,18,19,20). The summed E-state index contributed by atoms with van der Waals surface area (Å²) in [6, 6.07) is 8.33. The summed E-state index contributed by atoms with van der Waals surface area (Å²) in [5, 5.41) is 12.2. The fraction of sp³-hybridized carbons (Fsp3) is 0.333. The van der Waals surface area contributed by atoms with Crippen molar-refractivity contribution in [3.8, 4) is 11.6 Å². The molecule has 0 unspecified atom stereocenters. The summed E-state index contributed by atoms with van der Waals surface area (Å²) < 4.78 is 5.61. The summed E-state index contributed by atoms with van der Waals surface area (Å²) in [6.45, 7) is 2.86. The molecule has 6 nitrogen and oxygen atoms in total. The summed E-state index contributed by atoms with van der Waals surface area (Å²) >= 11 is 0. The van der Waals surface area contributed by atoms with E-state index in [9.17, 15) is 9.90 Å². The molecule has 0 amide bonds. The van der Waals surface area contributed by atoms with Crippen molar-refractivity contribution in [1.29, 1.82) is 0 Å². The number of nitrogens with zero attached hydrogens (tertiary/aromatic N) is 1. The Hall–Kier alpha value is -2.50. The van der Waals surface area contributed by atoms with E-state index in [1.807, 2.05) is 24.3 Å². The molecule has 0 radical (unpaired) electrons. The van der Waals surface area contributed by atoms with Crippen LogP contribution in [0.4, 0.5) is 11.6 Å². The van der Waals surface area contributed by atoms with Crippen molar-refractivity contribution >= 4 is 11.6 Å². The Morgan fingerprint density at radius 2 is 2.05 bits per heavy atom. The highest BCUT2D eigenvalue weighted by atomic mass is 16.5. The van der Waals surface area contributed by atoms with Crippen molar-refractivity contribution in [1.82, 2.24) is 9.97 Å². The highest BCUT2D eigenvalue weighted by Gasteiger charge is 2.01. The first-order valence-electron chi connectivity index (χ1n) is 6.97. The van der Waals surface area contributed by atoms with Gasteiger partial charge in [0.25, 0.3) is 5.56 Å². The van der Waals surface area contributed by atoms with Crippen molar-refractivity contribution in [3.05, 3.63) is 40.7 Å². The Morgan fingerprint density at radius 3 is 2.71 bits per heavy atom. The third-order valence-corrected chi connectivity index (χ3v) is 2.86. The van der Waals surface area contributed by atoms with E-state index in [4.69, 9.17) is 4.74 Å². The molecule has 6 heteroatoms. The van der Waals surface area contributed by atoms with E-state index in [1.54, 1.807) is 0 Å². The smallest absolute Gasteiger partial charge is 0.256 e. The number of nitrogens with one attached hydrogen (secondary N) is 2. The normalized spacial score (nSPS) is 10.3. The van der Waals surface area contributed by atoms with Crippen molar-refractivity contribution in [3.63, 3.8) is 0 Å². The second-order valence-electron chi connectivity index (χ2n) is 4.66. The van der Waals surface area contributed by atoms with Crippen LogP contribution in [0.25, 0.3) is 0 Å². The molecule has 0 spiro atoms. The second kappa shape index (κ2) is 7.33. The maximum absolute atomic E-state index is 11.2. The average molecular weight is 289 g/mol. The molecule has 0 aliphatic rings. The lowest BCUT2D eigenvalue weighted by molar-refractivity contribution is 0.306. The fourth-order valence-corrected chi connectivity index (χ4v) is 1.82. The van der Waals surface area contributed by atoms with Gasteiger partial charge in [0.05, 0.1) is 12.7 Å². The number of ether oxygens (including phenoxy) is 1. The number of benzene rings is 1. The molecule has 3 N–H and O–H groups in total. The van der Waals surface area contributed by atoms with Crippen LogP contribution in [0.5, 0.6) is 11.6 Å². The van der Waals surface area contributed by atoms with E-state index in [-0.39, 0.29) is 11.8 Å². The van der Waals surface area contributed by atoms with Crippen LogP contribution in [0.1, 0.15) is 26.2 Å². The van der Waals surface area contributed by atoms with Gasteiger partial charge in [-0.15, -0.1) is 0 Å². The first-order valence-corrected chi connectivity index (χ1v) is 6.97. The molecule has 0 aliphatic heterocycles. The number of unbranched alkanes of at least 4 members (excludes halogenated alkanes) is 2. The molecule has 1 aromatic heterocycles. The van der Waals surface area contributed by atoms with E-state index in [0.717, 1.165) is 30.3 Å².